The quantitative estimate of drug-likeness (QED) is 0.0277. The van der Waals surface area contributed by atoms with E-state index in [1.807, 2.05) is 0 Å². The van der Waals surface area contributed by atoms with E-state index in [0.717, 1.165) is 57.8 Å². The van der Waals surface area contributed by atoms with Crippen molar-refractivity contribution in [1.29, 1.82) is 0 Å². The van der Waals surface area contributed by atoms with Crippen LogP contribution in [0.3, 0.4) is 0 Å². The number of nitrogens with two attached hydrogens (primary N) is 1. The molecule has 0 aliphatic rings. The molecule has 0 bridgehead atoms. The molecule has 0 rings (SSSR count). The van der Waals surface area contributed by atoms with E-state index in [1.54, 1.807) is 0 Å². The zero-order chi connectivity index (χ0) is 36.1. The van der Waals surface area contributed by atoms with Gasteiger partial charge < -0.3 is 20.1 Å². The second kappa shape index (κ2) is 36.5. The van der Waals surface area contributed by atoms with E-state index in [0.29, 0.717) is 6.42 Å². The maximum absolute atomic E-state index is 12.5. The van der Waals surface area contributed by atoms with Crippen LogP contribution in [0.4, 0.5) is 0 Å². The Bertz CT molecular complexity index is 825. The van der Waals surface area contributed by atoms with Gasteiger partial charge in [0, 0.05) is 19.4 Å². The average molecular weight is 718 g/mol. The van der Waals surface area contributed by atoms with E-state index in [1.165, 1.54) is 103 Å². The van der Waals surface area contributed by atoms with E-state index in [2.05, 4.69) is 26.0 Å². The van der Waals surface area contributed by atoms with Crippen molar-refractivity contribution in [2.75, 3.05) is 26.4 Å². The van der Waals surface area contributed by atoms with Crippen LogP contribution in [-0.4, -0.2) is 49.3 Å². The molecule has 0 heterocycles. The van der Waals surface area contributed by atoms with Crippen LogP contribution in [0.25, 0.3) is 0 Å². The van der Waals surface area contributed by atoms with Crippen LogP contribution in [0.2, 0.25) is 0 Å². The molecular weight excluding hydrogens is 641 g/mol. The highest BCUT2D eigenvalue weighted by Crippen LogP contribution is 2.43. The number of phosphoric acid groups is 1. The van der Waals surface area contributed by atoms with Gasteiger partial charge in [-0.2, -0.15) is 0 Å². The van der Waals surface area contributed by atoms with Crippen molar-refractivity contribution in [3.05, 3.63) is 12.2 Å². The Morgan fingerprint density at radius 3 is 1.51 bits per heavy atom. The lowest BCUT2D eigenvalue weighted by atomic mass is 10.0. The lowest BCUT2D eigenvalue weighted by Crippen LogP contribution is -2.29. The molecule has 0 spiro atoms. The van der Waals surface area contributed by atoms with Gasteiger partial charge >= 0.3 is 19.8 Å². The van der Waals surface area contributed by atoms with Crippen molar-refractivity contribution in [2.45, 2.75) is 200 Å². The first-order chi connectivity index (χ1) is 23.8. The van der Waals surface area contributed by atoms with Crippen molar-refractivity contribution < 1.29 is 37.6 Å². The summed E-state index contributed by atoms with van der Waals surface area (Å²) in [6, 6.07) is 0. The average Bonchev–Trinajstić information content (AvgIpc) is 3.08. The van der Waals surface area contributed by atoms with E-state index < -0.39 is 26.5 Å². The van der Waals surface area contributed by atoms with Crippen LogP contribution in [-0.2, 0) is 32.7 Å². The van der Waals surface area contributed by atoms with Gasteiger partial charge in [-0.1, -0.05) is 161 Å². The van der Waals surface area contributed by atoms with Gasteiger partial charge in [0.1, 0.15) is 6.61 Å². The third kappa shape index (κ3) is 36.3. The summed E-state index contributed by atoms with van der Waals surface area (Å²) in [7, 11) is -4.37. The number of hydrogen-bond donors (Lipinski definition) is 2. The highest BCUT2D eigenvalue weighted by Gasteiger charge is 2.26. The molecule has 3 N–H and O–H groups in total. The lowest BCUT2D eigenvalue weighted by Gasteiger charge is -2.19. The number of allylic oxidation sites excluding steroid dienone is 2. The predicted molar refractivity (Wildman–Crippen MR) is 201 cm³/mol. The molecule has 49 heavy (non-hydrogen) atoms. The summed E-state index contributed by atoms with van der Waals surface area (Å²) in [4.78, 5) is 34.7. The maximum Gasteiger partial charge on any atom is 0.472 e. The number of carbonyl (C=O) groups is 2. The normalized spacial score (nSPS) is 13.5. The Kier molecular flexibility index (Phi) is 35.6. The van der Waals surface area contributed by atoms with Gasteiger partial charge in [-0.3, -0.25) is 18.6 Å². The van der Waals surface area contributed by atoms with Crippen molar-refractivity contribution >= 4 is 19.8 Å². The number of rotatable bonds is 38. The zero-order valence-electron chi connectivity index (χ0n) is 31.7. The molecule has 0 fully saturated rings. The van der Waals surface area contributed by atoms with Gasteiger partial charge in [-0.05, 0) is 32.1 Å². The van der Waals surface area contributed by atoms with Crippen LogP contribution in [0, 0.1) is 0 Å². The third-order valence-electron chi connectivity index (χ3n) is 8.65. The standard InChI is InChI=1S/C39H76NO8P/c1-3-5-7-9-11-13-15-16-17-18-19-20-22-24-26-28-30-32-39(42)48-37(36-47-49(43,44)46-34-33-40)35-45-38(41)31-29-27-25-23-21-14-12-10-8-6-4-2/h10,12,37H,3-9,11,13-36,40H2,1-2H3,(H,43,44). The number of phosphoric ester groups is 1. The molecule has 0 aliphatic carbocycles. The molecule has 2 atom stereocenters. The van der Waals surface area contributed by atoms with Crippen molar-refractivity contribution in [3.8, 4) is 0 Å². The highest BCUT2D eigenvalue weighted by molar-refractivity contribution is 7.47. The Balaban J connectivity index is 4.14. The SMILES string of the molecule is CCCCC=CCCCCCCCC(=O)OCC(COP(=O)(O)OCCN)OC(=O)CCCCCCCCCCCCCCCCCCC. The van der Waals surface area contributed by atoms with Crippen molar-refractivity contribution in [3.63, 3.8) is 0 Å². The van der Waals surface area contributed by atoms with Crippen LogP contribution in [0.5, 0.6) is 0 Å². The van der Waals surface area contributed by atoms with Gasteiger partial charge in [0.05, 0.1) is 13.2 Å². The summed E-state index contributed by atoms with van der Waals surface area (Å²) in [6.07, 6.45) is 35.3. The number of hydrogen-bond acceptors (Lipinski definition) is 8. The molecule has 0 saturated carbocycles. The lowest BCUT2D eigenvalue weighted by molar-refractivity contribution is -0.161. The fraction of sp³-hybridized carbons (Fsp3) is 0.897. The number of esters is 2. The summed E-state index contributed by atoms with van der Waals surface area (Å²) in [5.74, 6) is -0.832. The second-order valence-corrected chi connectivity index (χ2v) is 15.0. The summed E-state index contributed by atoms with van der Waals surface area (Å²) in [5, 5.41) is 0. The maximum atomic E-state index is 12.5. The number of unbranched alkanes of at least 4 members (excludes halogenated alkanes) is 23. The largest absolute Gasteiger partial charge is 0.472 e. The predicted octanol–water partition coefficient (Wildman–Crippen LogP) is 11.1. The smallest absolute Gasteiger partial charge is 0.462 e. The first-order valence-electron chi connectivity index (χ1n) is 20.2. The minimum absolute atomic E-state index is 0.0550. The Hall–Kier alpha value is -1.25. The Morgan fingerprint density at radius 2 is 1.02 bits per heavy atom. The molecule has 0 saturated heterocycles. The molecule has 2 unspecified atom stereocenters. The minimum atomic E-state index is -4.37. The molecule has 9 nitrogen and oxygen atoms in total. The van der Waals surface area contributed by atoms with Gasteiger partial charge in [0.25, 0.3) is 0 Å². The molecule has 10 heteroatoms. The minimum Gasteiger partial charge on any atom is -0.462 e. The molecular formula is C39H76NO8P. The highest BCUT2D eigenvalue weighted by atomic mass is 31.2. The summed E-state index contributed by atoms with van der Waals surface area (Å²) < 4.78 is 32.7. The van der Waals surface area contributed by atoms with E-state index in [4.69, 9.17) is 24.3 Å². The molecule has 0 radical (unpaired) electrons. The van der Waals surface area contributed by atoms with Gasteiger partial charge in [0.15, 0.2) is 6.10 Å². The molecule has 0 aromatic heterocycles. The molecule has 0 aliphatic heterocycles. The zero-order valence-corrected chi connectivity index (χ0v) is 32.6. The summed E-state index contributed by atoms with van der Waals surface area (Å²) >= 11 is 0. The third-order valence-corrected chi connectivity index (χ3v) is 9.64. The van der Waals surface area contributed by atoms with Crippen LogP contribution >= 0.6 is 7.82 Å². The van der Waals surface area contributed by atoms with E-state index in [9.17, 15) is 19.0 Å². The number of ether oxygens (including phenoxy) is 2. The van der Waals surface area contributed by atoms with Gasteiger partial charge in [-0.25, -0.2) is 4.57 Å². The molecule has 290 valence electrons. The molecule has 0 aromatic rings. The Labute approximate surface area is 300 Å². The fourth-order valence-corrected chi connectivity index (χ4v) is 6.38. The van der Waals surface area contributed by atoms with Gasteiger partial charge in [0.2, 0.25) is 0 Å². The first-order valence-corrected chi connectivity index (χ1v) is 21.7. The van der Waals surface area contributed by atoms with Crippen LogP contribution < -0.4 is 5.73 Å². The fourth-order valence-electron chi connectivity index (χ4n) is 5.62. The van der Waals surface area contributed by atoms with Crippen molar-refractivity contribution in [1.82, 2.24) is 0 Å². The first kappa shape index (κ1) is 47.8. The van der Waals surface area contributed by atoms with E-state index >= 15 is 0 Å². The second-order valence-electron chi connectivity index (χ2n) is 13.5. The Morgan fingerprint density at radius 1 is 0.592 bits per heavy atom. The van der Waals surface area contributed by atoms with E-state index in [-0.39, 0.29) is 38.6 Å². The topological polar surface area (TPSA) is 134 Å². The van der Waals surface area contributed by atoms with Crippen LogP contribution in [0.15, 0.2) is 12.2 Å². The monoisotopic (exact) mass is 718 g/mol. The number of carbonyl (C=O) groups excluding carboxylic acids is 2. The molecule has 0 aromatic carbocycles. The van der Waals surface area contributed by atoms with Gasteiger partial charge in [-0.15, -0.1) is 0 Å². The molecule has 0 amide bonds. The van der Waals surface area contributed by atoms with Crippen molar-refractivity contribution in [2.24, 2.45) is 5.73 Å². The summed E-state index contributed by atoms with van der Waals surface area (Å²) in [6.45, 7) is 3.70. The summed E-state index contributed by atoms with van der Waals surface area (Å²) in [5.41, 5.74) is 5.33. The van der Waals surface area contributed by atoms with Crippen LogP contribution in [0.1, 0.15) is 194 Å².